The van der Waals surface area contributed by atoms with Crippen molar-refractivity contribution < 1.29 is 9.53 Å². The summed E-state index contributed by atoms with van der Waals surface area (Å²) in [6, 6.07) is 5.64. The van der Waals surface area contributed by atoms with Crippen molar-refractivity contribution in [3.8, 4) is 0 Å². The highest BCUT2D eigenvalue weighted by atomic mass is 35.5. The quantitative estimate of drug-likeness (QED) is 0.566. The van der Waals surface area contributed by atoms with Crippen molar-refractivity contribution in [3.05, 3.63) is 35.9 Å². The first-order chi connectivity index (χ1) is 12.0. The van der Waals surface area contributed by atoms with Gasteiger partial charge in [0.25, 0.3) is 5.91 Å². The molecular weight excluding hydrogens is 338 g/mol. The number of benzene rings is 1. The molecule has 1 aromatic rings. The number of hydrogen-bond acceptors (Lipinski definition) is 4. The summed E-state index contributed by atoms with van der Waals surface area (Å²) in [5.41, 5.74) is 1.74. The van der Waals surface area contributed by atoms with Gasteiger partial charge in [0, 0.05) is 31.2 Å². The van der Waals surface area contributed by atoms with E-state index in [1.807, 2.05) is 12.1 Å². The molecule has 0 radical (unpaired) electrons. The van der Waals surface area contributed by atoms with Crippen LogP contribution in [0.1, 0.15) is 20.3 Å². The lowest BCUT2D eigenvalue weighted by atomic mass is 10.2. The van der Waals surface area contributed by atoms with Crippen LogP contribution in [0.4, 0.5) is 11.4 Å². The molecule has 1 fully saturated rings. The molecule has 138 valence electrons. The Morgan fingerprint density at radius 3 is 2.76 bits per heavy atom. The van der Waals surface area contributed by atoms with Gasteiger partial charge in [-0.2, -0.15) is 0 Å². The second-order valence-electron chi connectivity index (χ2n) is 6.16. The summed E-state index contributed by atoms with van der Waals surface area (Å²) in [5.74, 6) is -0.167. The molecule has 0 aliphatic carbocycles. The monoisotopic (exact) mass is 365 g/mol. The zero-order chi connectivity index (χ0) is 18.2. The zero-order valence-electron chi connectivity index (χ0n) is 15.1. The lowest BCUT2D eigenvalue weighted by molar-refractivity contribution is -0.126. The molecular formula is C19H28ClN3O2. The van der Waals surface area contributed by atoms with Crippen LogP contribution in [0, 0.1) is 0 Å². The predicted molar refractivity (Wildman–Crippen MR) is 105 cm³/mol. The van der Waals surface area contributed by atoms with Gasteiger partial charge >= 0.3 is 0 Å². The summed E-state index contributed by atoms with van der Waals surface area (Å²) in [6.45, 7) is 13.0. The maximum atomic E-state index is 12.4. The Hall–Kier alpha value is -1.56. The van der Waals surface area contributed by atoms with Crippen molar-refractivity contribution in [2.45, 2.75) is 26.4 Å². The molecule has 5 nitrogen and oxygen atoms in total. The highest BCUT2D eigenvalue weighted by Crippen LogP contribution is 2.30. The van der Waals surface area contributed by atoms with Crippen molar-refractivity contribution in [1.82, 2.24) is 4.90 Å². The third-order valence-electron chi connectivity index (χ3n) is 4.44. The van der Waals surface area contributed by atoms with E-state index in [1.165, 1.54) is 0 Å². The van der Waals surface area contributed by atoms with Crippen LogP contribution < -0.4 is 10.2 Å². The highest BCUT2D eigenvalue weighted by Gasteiger charge is 2.21. The Kier molecular flexibility index (Phi) is 7.75. The van der Waals surface area contributed by atoms with Gasteiger partial charge in [-0.3, -0.25) is 4.79 Å². The predicted octanol–water partition coefficient (Wildman–Crippen LogP) is 3.40. The first kappa shape index (κ1) is 19.8. The Labute approximate surface area is 155 Å². The summed E-state index contributed by atoms with van der Waals surface area (Å²) >= 11 is 6.15. The van der Waals surface area contributed by atoms with Crippen LogP contribution in [0.5, 0.6) is 0 Å². The molecule has 2 rings (SSSR count). The van der Waals surface area contributed by atoms with E-state index in [0.717, 1.165) is 50.5 Å². The van der Waals surface area contributed by atoms with Gasteiger partial charge in [-0.15, -0.1) is 6.58 Å². The van der Waals surface area contributed by atoms with E-state index in [4.69, 9.17) is 16.3 Å². The smallest absolute Gasteiger partial charge is 0.253 e. The fraction of sp³-hybridized carbons (Fsp3) is 0.526. The van der Waals surface area contributed by atoms with Crippen LogP contribution in [0.2, 0.25) is 5.02 Å². The lowest BCUT2D eigenvalue weighted by Gasteiger charge is -2.36. The molecule has 1 aliphatic heterocycles. The van der Waals surface area contributed by atoms with Crippen molar-refractivity contribution in [2.24, 2.45) is 0 Å². The molecule has 0 saturated carbocycles. The lowest BCUT2D eigenvalue weighted by Crippen LogP contribution is -2.46. The molecule has 0 spiro atoms. The molecule has 0 bridgehead atoms. The van der Waals surface area contributed by atoms with Crippen molar-refractivity contribution in [1.29, 1.82) is 0 Å². The minimum Gasteiger partial charge on any atom is -0.368 e. The van der Waals surface area contributed by atoms with Crippen molar-refractivity contribution >= 4 is 28.9 Å². The van der Waals surface area contributed by atoms with E-state index >= 15 is 0 Å². The number of likely N-dealkylation sites (N-methyl/N-ethyl adjacent to an activating group) is 1. The molecule has 1 N–H and O–H groups in total. The van der Waals surface area contributed by atoms with Crippen molar-refractivity contribution in [2.75, 3.05) is 49.5 Å². The fourth-order valence-electron chi connectivity index (χ4n) is 2.83. The van der Waals surface area contributed by atoms with Crippen LogP contribution in [0.3, 0.4) is 0 Å². The van der Waals surface area contributed by atoms with E-state index in [1.54, 1.807) is 19.1 Å². The number of anilines is 2. The van der Waals surface area contributed by atoms with E-state index in [2.05, 4.69) is 28.6 Å². The third-order valence-corrected chi connectivity index (χ3v) is 4.67. The second kappa shape index (κ2) is 9.80. The molecule has 1 heterocycles. The second-order valence-corrected chi connectivity index (χ2v) is 6.60. The van der Waals surface area contributed by atoms with Gasteiger partial charge in [0.1, 0.15) is 6.10 Å². The van der Waals surface area contributed by atoms with Crippen LogP contribution in [0.15, 0.2) is 30.9 Å². The Bertz CT molecular complexity index is 586. The number of halogens is 1. The summed E-state index contributed by atoms with van der Waals surface area (Å²) in [7, 11) is 0. The summed E-state index contributed by atoms with van der Waals surface area (Å²) < 4.78 is 5.52. The Morgan fingerprint density at radius 2 is 2.12 bits per heavy atom. The normalized spacial score (nSPS) is 16.5. The molecule has 1 aromatic carbocycles. The molecule has 25 heavy (non-hydrogen) atoms. The molecule has 1 saturated heterocycles. The number of ether oxygens (including phenoxy) is 1. The largest absolute Gasteiger partial charge is 0.368 e. The molecule has 1 atom stereocenters. The first-order valence-electron chi connectivity index (χ1n) is 8.85. The Balaban J connectivity index is 2.05. The van der Waals surface area contributed by atoms with E-state index in [0.29, 0.717) is 11.6 Å². The average molecular weight is 366 g/mol. The van der Waals surface area contributed by atoms with Gasteiger partial charge in [0.05, 0.1) is 18.0 Å². The molecule has 1 unspecified atom stereocenters. The maximum absolute atomic E-state index is 12.4. The minimum atomic E-state index is -0.524. The molecule has 1 amide bonds. The van der Waals surface area contributed by atoms with E-state index < -0.39 is 6.10 Å². The van der Waals surface area contributed by atoms with E-state index in [-0.39, 0.29) is 5.91 Å². The van der Waals surface area contributed by atoms with Crippen LogP contribution >= 0.6 is 11.6 Å². The van der Waals surface area contributed by atoms with Crippen LogP contribution in [-0.4, -0.2) is 56.2 Å². The fourth-order valence-corrected chi connectivity index (χ4v) is 3.00. The number of nitrogens with one attached hydrogen (secondary N) is 1. The highest BCUT2D eigenvalue weighted by molar-refractivity contribution is 6.31. The number of carbonyl (C=O) groups is 1. The molecule has 1 aliphatic rings. The Morgan fingerprint density at radius 1 is 1.40 bits per heavy atom. The summed E-state index contributed by atoms with van der Waals surface area (Å²) in [4.78, 5) is 17.1. The van der Waals surface area contributed by atoms with Gasteiger partial charge in [-0.25, -0.2) is 0 Å². The number of amides is 1. The summed E-state index contributed by atoms with van der Waals surface area (Å²) in [5, 5.41) is 3.57. The summed E-state index contributed by atoms with van der Waals surface area (Å²) in [6.07, 6.45) is 1.97. The topological polar surface area (TPSA) is 44.8 Å². The SMILES string of the molecule is C=CCCOC(C)C(=O)Nc1cc(Cl)ccc1N1CCN(CC)CC1. The van der Waals surface area contributed by atoms with Crippen LogP contribution in [-0.2, 0) is 9.53 Å². The number of piperazine rings is 1. The standard InChI is InChI=1S/C19H28ClN3O2/c1-4-6-13-25-15(3)19(24)21-17-14-16(20)7-8-18(17)23-11-9-22(5-2)10-12-23/h4,7-8,14-15H,1,5-6,9-13H2,2-3H3,(H,21,24). The molecule has 0 aromatic heterocycles. The van der Waals surface area contributed by atoms with Gasteiger partial charge in [-0.1, -0.05) is 24.6 Å². The van der Waals surface area contributed by atoms with Crippen LogP contribution in [0.25, 0.3) is 0 Å². The molecule has 6 heteroatoms. The number of hydrogen-bond donors (Lipinski definition) is 1. The van der Waals surface area contributed by atoms with Gasteiger partial charge in [0.15, 0.2) is 0 Å². The number of nitrogens with zero attached hydrogens (tertiary/aromatic N) is 2. The van der Waals surface area contributed by atoms with Gasteiger partial charge in [0.2, 0.25) is 0 Å². The van der Waals surface area contributed by atoms with Gasteiger partial charge < -0.3 is 19.9 Å². The third kappa shape index (κ3) is 5.73. The average Bonchev–Trinajstić information content (AvgIpc) is 2.62. The maximum Gasteiger partial charge on any atom is 0.253 e. The minimum absolute atomic E-state index is 0.167. The zero-order valence-corrected chi connectivity index (χ0v) is 15.9. The number of rotatable bonds is 8. The van der Waals surface area contributed by atoms with E-state index in [9.17, 15) is 4.79 Å². The van der Waals surface area contributed by atoms with Gasteiger partial charge in [-0.05, 0) is 38.1 Å². The van der Waals surface area contributed by atoms with Crippen molar-refractivity contribution in [3.63, 3.8) is 0 Å². The number of carbonyl (C=O) groups excluding carboxylic acids is 1. The first-order valence-corrected chi connectivity index (χ1v) is 9.23.